The molecule has 0 spiro atoms. The first-order chi connectivity index (χ1) is 13.7. The number of nitrogens with zero attached hydrogens (tertiary/aromatic N) is 1. The molecule has 0 bridgehead atoms. The number of rotatable bonds is 9. The van der Waals surface area contributed by atoms with Gasteiger partial charge in [-0.25, -0.2) is 13.2 Å². The van der Waals surface area contributed by atoms with Crippen molar-refractivity contribution in [3.05, 3.63) is 59.7 Å². The van der Waals surface area contributed by atoms with E-state index < -0.39 is 16.0 Å². The van der Waals surface area contributed by atoms with Gasteiger partial charge in [0.2, 0.25) is 15.9 Å². The lowest BCUT2D eigenvalue weighted by atomic mass is 10.1. The molecule has 1 N–H and O–H groups in total. The highest BCUT2D eigenvalue weighted by atomic mass is 32.2. The standard InChI is InChI=1S/C21H26N2O5S/c1-4-16-7-13-19(14-8-16)23(29(3,26)27)15-5-6-20(24)22-18-11-9-17(10-12-18)21(25)28-2/h7-14H,4-6,15H2,1-3H3,(H,22,24). The van der Waals surface area contributed by atoms with Gasteiger partial charge in [-0.2, -0.15) is 0 Å². The Labute approximate surface area is 171 Å². The number of hydrogen-bond donors (Lipinski definition) is 1. The lowest BCUT2D eigenvalue weighted by Crippen LogP contribution is -2.31. The number of hydrogen-bond acceptors (Lipinski definition) is 5. The Bertz CT molecular complexity index is 938. The van der Waals surface area contributed by atoms with E-state index in [0.29, 0.717) is 23.4 Å². The van der Waals surface area contributed by atoms with Gasteiger partial charge in [-0.15, -0.1) is 0 Å². The first kappa shape index (κ1) is 22.4. The molecule has 0 atom stereocenters. The number of aryl methyl sites for hydroxylation is 1. The topological polar surface area (TPSA) is 92.8 Å². The predicted octanol–water partition coefficient (Wildman–Crippen LogP) is 3.22. The number of anilines is 2. The third kappa shape index (κ3) is 6.60. The second kappa shape index (κ2) is 10.1. The molecule has 0 aliphatic rings. The highest BCUT2D eigenvalue weighted by Gasteiger charge is 2.17. The van der Waals surface area contributed by atoms with Crippen molar-refractivity contribution in [3.63, 3.8) is 0 Å². The van der Waals surface area contributed by atoms with Crippen molar-refractivity contribution in [1.82, 2.24) is 0 Å². The van der Waals surface area contributed by atoms with Gasteiger partial charge in [0.05, 0.1) is 24.6 Å². The third-order valence-corrected chi connectivity index (χ3v) is 5.58. The molecule has 0 saturated heterocycles. The Balaban J connectivity index is 1.93. The Morgan fingerprint density at radius 1 is 1.03 bits per heavy atom. The van der Waals surface area contributed by atoms with E-state index >= 15 is 0 Å². The van der Waals surface area contributed by atoms with Crippen molar-refractivity contribution in [2.75, 3.05) is 29.5 Å². The first-order valence-corrected chi connectivity index (χ1v) is 11.1. The molecule has 29 heavy (non-hydrogen) atoms. The molecule has 0 aliphatic heterocycles. The predicted molar refractivity (Wildman–Crippen MR) is 114 cm³/mol. The number of amides is 1. The van der Waals surface area contributed by atoms with Crippen LogP contribution >= 0.6 is 0 Å². The van der Waals surface area contributed by atoms with Crippen molar-refractivity contribution in [2.24, 2.45) is 0 Å². The first-order valence-electron chi connectivity index (χ1n) is 9.29. The molecule has 0 aliphatic carbocycles. The second-order valence-corrected chi connectivity index (χ2v) is 8.48. The second-order valence-electron chi connectivity index (χ2n) is 6.58. The van der Waals surface area contributed by atoms with E-state index in [1.54, 1.807) is 36.4 Å². The van der Waals surface area contributed by atoms with Crippen molar-refractivity contribution < 1.29 is 22.7 Å². The number of sulfonamides is 1. The van der Waals surface area contributed by atoms with Crippen LogP contribution in [-0.4, -0.2) is 40.2 Å². The summed E-state index contributed by atoms with van der Waals surface area (Å²) in [5, 5.41) is 2.73. The van der Waals surface area contributed by atoms with E-state index in [9.17, 15) is 18.0 Å². The molecule has 8 heteroatoms. The Morgan fingerprint density at radius 2 is 1.66 bits per heavy atom. The smallest absolute Gasteiger partial charge is 0.337 e. The molecule has 0 saturated carbocycles. The summed E-state index contributed by atoms with van der Waals surface area (Å²) < 4.78 is 30.2. The van der Waals surface area contributed by atoms with Crippen LogP contribution in [0.5, 0.6) is 0 Å². The zero-order chi connectivity index (χ0) is 21.4. The summed E-state index contributed by atoms with van der Waals surface area (Å²) in [6.07, 6.45) is 2.57. The van der Waals surface area contributed by atoms with Crippen molar-refractivity contribution in [2.45, 2.75) is 26.2 Å². The van der Waals surface area contributed by atoms with Crippen LogP contribution in [0.4, 0.5) is 11.4 Å². The monoisotopic (exact) mass is 418 g/mol. The molecule has 0 unspecified atom stereocenters. The lowest BCUT2D eigenvalue weighted by molar-refractivity contribution is -0.116. The minimum absolute atomic E-state index is 0.165. The fraction of sp³-hybridized carbons (Fsp3) is 0.333. The fourth-order valence-corrected chi connectivity index (χ4v) is 3.76. The van der Waals surface area contributed by atoms with Crippen molar-refractivity contribution >= 4 is 33.3 Å². The molecule has 156 valence electrons. The number of ether oxygens (including phenoxy) is 1. The average Bonchev–Trinajstić information content (AvgIpc) is 2.70. The van der Waals surface area contributed by atoms with E-state index in [1.165, 1.54) is 11.4 Å². The van der Waals surface area contributed by atoms with Crippen LogP contribution in [0.15, 0.2) is 48.5 Å². The summed E-state index contributed by atoms with van der Waals surface area (Å²) >= 11 is 0. The number of carbonyl (C=O) groups is 2. The fourth-order valence-electron chi connectivity index (χ4n) is 2.80. The van der Waals surface area contributed by atoms with E-state index in [1.807, 2.05) is 19.1 Å². The molecule has 2 aromatic carbocycles. The van der Waals surface area contributed by atoms with Crippen molar-refractivity contribution in [3.8, 4) is 0 Å². The summed E-state index contributed by atoms with van der Waals surface area (Å²) in [7, 11) is -2.15. The Morgan fingerprint density at radius 3 is 2.17 bits per heavy atom. The van der Waals surface area contributed by atoms with Crippen LogP contribution in [0.25, 0.3) is 0 Å². The normalized spacial score (nSPS) is 11.0. The molecular formula is C21H26N2O5S. The van der Waals surface area contributed by atoms with Gasteiger partial charge >= 0.3 is 5.97 Å². The zero-order valence-electron chi connectivity index (χ0n) is 16.8. The van der Waals surface area contributed by atoms with E-state index in [2.05, 4.69) is 10.1 Å². The van der Waals surface area contributed by atoms with Gasteiger partial charge in [0, 0.05) is 18.7 Å². The van der Waals surface area contributed by atoms with E-state index in [4.69, 9.17) is 0 Å². The molecule has 0 heterocycles. The highest BCUT2D eigenvalue weighted by molar-refractivity contribution is 7.92. The number of carbonyl (C=O) groups excluding carboxylic acids is 2. The van der Waals surface area contributed by atoms with Gasteiger partial charge in [0.15, 0.2) is 0 Å². The molecule has 0 aromatic heterocycles. The summed E-state index contributed by atoms with van der Waals surface area (Å²) in [4.78, 5) is 23.6. The summed E-state index contributed by atoms with van der Waals surface area (Å²) in [6.45, 7) is 2.24. The molecule has 2 rings (SSSR count). The van der Waals surface area contributed by atoms with Crippen LogP contribution in [0.1, 0.15) is 35.7 Å². The molecule has 7 nitrogen and oxygen atoms in total. The van der Waals surface area contributed by atoms with Gasteiger partial charge < -0.3 is 10.1 Å². The zero-order valence-corrected chi connectivity index (χ0v) is 17.7. The van der Waals surface area contributed by atoms with Crippen LogP contribution in [-0.2, 0) is 26.0 Å². The van der Waals surface area contributed by atoms with Gasteiger partial charge in [-0.1, -0.05) is 19.1 Å². The maximum atomic E-state index is 12.2. The Hall–Kier alpha value is -2.87. The third-order valence-electron chi connectivity index (χ3n) is 4.39. The Kier molecular flexibility index (Phi) is 7.78. The highest BCUT2D eigenvalue weighted by Crippen LogP contribution is 2.19. The number of methoxy groups -OCH3 is 1. The maximum Gasteiger partial charge on any atom is 0.337 e. The number of esters is 1. The molecule has 1 amide bonds. The molecule has 2 aromatic rings. The average molecular weight is 419 g/mol. The molecule has 0 radical (unpaired) electrons. The van der Waals surface area contributed by atoms with Crippen LogP contribution in [0, 0.1) is 0 Å². The number of benzene rings is 2. The molecular weight excluding hydrogens is 392 g/mol. The van der Waals surface area contributed by atoms with Gasteiger partial charge in [0.1, 0.15) is 0 Å². The largest absolute Gasteiger partial charge is 0.465 e. The van der Waals surface area contributed by atoms with E-state index in [0.717, 1.165) is 18.2 Å². The van der Waals surface area contributed by atoms with Crippen LogP contribution < -0.4 is 9.62 Å². The lowest BCUT2D eigenvalue weighted by Gasteiger charge is -2.22. The van der Waals surface area contributed by atoms with Gasteiger partial charge in [-0.3, -0.25) is 9.10 Å². The summed E-state index contributed by atoms with van der Waals surface area (Å²) in [5.74, 6) is -0.679. The molecule has 0 fully saturated rings. The minimum atomic E-state index is -3.45. The maximum absolute atomic E-state index is 12.2. The summed E-state index contributed by atoms with van der Waals surface area (Å²) in [5.41, 5.74) is 2.66. The van der Waals surface area contributed by atoms with Gasteiger partial charge in [-0.05, 0) is 54.8 Å². The van der Waals surface area contributed by atoms with Crippen molar-refractivity contribution in [1.29, 1.82) is 0 Å². The van der Waals surface area contributed by atoms with Crippen LogP contribution in [0.3, 0.4) is 0 Å². The quantitative estimate of drug-likeness (QED) is 0.631. The van der Waals surface area contributed by atoms with E-state index in [-0.39, 0.29) is 18.9 Å². The SMILES string of the molecule is CCc1ccc(N(CCCC(=O)Nc2ccc(C(=O)OC)cc2)S(C)(=O)=O)cc1. The minimum Gasteiger partial charge on any atom is -0.465 e. The number of nitrogens with one attached hydrogen (secondary N) is 1. The summed E-state index contributed by atoms with van der Waals surface area (Å²) in [6, 6.07) is 13.7. The van der Waals surface area contributed by atoms with Gasteiger partial charge in [0.25, 0.3) is 0 Å². The van der Waals surface area contributed by atoms with Crippen LogP contribution in [0.2, 0.25) is 0 Å².